The smallest absolute Gasteiger partial charge is 0.303 e. The van der Waals surface area contributed by atoms with Crippen molar-refractivity contribution < 1.29 is 19.4 Å². The maximum atomic E-state index is 10.8. The maximum Gasteiger partial charge on any atom is 0.303 e. The third-order valence-electron chi connectivity index (χ3n) is 9.23. The first kappa shape index (κ1) is 46.8. The fourth-order valence-electron chi connectivity index (χ4n) is 6.06. The molecular formula is C43H83NO4. The number of hydrogen-bond donors (Lipinski definition) is 2. The number of aliphatic carboxylic acids is 1. The molecule has 0 amide bonds. The Balaban J connectivity index is 3.79. The van der Waals surface area contributed by atoms with Gasteiger partial charge in [0.2, 0.25) is 0 Å². The van der Waals surface area contributed by atoms with E-state index in [9.17, 15) is 4.79 Å². The fourth-order valence-corrected chi connectivity index (χ4v) is 6.06. The van der Waals surface area contributed by atoms with Crippen molar-refractivity contribution in [3.8, 4) is 0 Å². The van der Waals surface area contributed by atoms with Crippen molar-refractivity contribution in [2.75, 3.05) is 32.9 Å². The van der Waals surface area contributed by atoms with Crippen molar-refractivity contribution >= 4 is 5.97 Å². The van der Waals surface area contributed by atoms with Crippen LogP contribution in [0.25, 0.3) is 0 Å². The number of carboxylic acids is 1. The highest BCUT2D eigenvalue weighted by atomic mass is 16.5. The lowest BCUT2D eigenvalue weighted by Gasteiger charge is -2.19. The molecule has 0 aromatic carbocycles. The van der Waals surface area contributed by atoms with Gasteiger partial charge >= 0.3 is 5.97 Å². The monoisotopic (exact) mass is 678 g/mol. The lowest BCUT2D eigenvalue weighted by molar-refractivity contribution is -0.137. The van der Waals surface area contributed by atoms with Gasteiger partial charge in [-0.15, -0.1) is 0 Å². The molecule has 0 aliphatic rings. The van der Waals surface area contributed by atoms with Crippen molar-refractivity contribution in [2.45, 2.75) is 213 Å². The molecule has 0 heterocycles. The Bertz CT molecular complexity index is 680. The lowest BCUT2D eigenvalue weighted by atomic mass is 10.1. The summed E-state index contributed by atoms with van der Waals surface area (Å²) >= 11 is 0. The molecule has 1 atom stereocenters. The van der Waals surface area contributed by atoms with Crippen LogP contribution in [0.3, 0.4) is 0 Å². The van der Waals surface area contributed by atoms with Crippen LogP contribution in [0.4, 0.5) is 0 Å². The van der Waals surface area contributed by atoms with Gasteiger partial charge in [-0.1, -0.05) is 154 Å². The molecule has 0 bridgehead atoms. The molecule has 0 rings (SSSR count). The van der Waals surface area contributed by atoms with E-state index in [4.69, 9.17) is 14.6 Å². The Hall–Kier alpha value is -1.17. The number of carboxylic acid groups (broad SMARTS) is 1. The van der Waals surface area contributed by atoms with Crippen LogP contribution in [0.2, 0.25) is 0 Å². The Morgan fingerprint density at radius 1 is 0.542 bits per heavy atom. The van der Waals surface area contributed by atoms with Crippen LogP contribution in [0.15, 0.2) is 24.3 Å². The molecule has 0 fully saturated rings. The van der Waals surface area contributed by atoms with E-state index < -0.39 is 5.97 Å². The van der Waals surface area contributed by atoms with E-state index in [0.29, 0.717) is 19.6 Å². The molecule has 0 saturated carbocycles. The summed E-state index contributed by atoms with van der Waals surface area (Å²) in [5.41, 5.74) is 0. The van der Waals surface area contributed by atoms with E-state index in [-0.39, 0.29) is 12.5 Å². The molecule has 5 heteroatoms. The number of carbonyl (C=O) groups is 1. The van der Waals surface area contributed by atoms with Crippen molar-refractivity contribution in [3.63, 3.8) is 0 Å². The Labute approximate surface area is 299 Å². The Morgan fingerprint density at radius 2 is 0.938 bits per heavy atom. The highest BCUT2D eigenvalue weighted by molar-refractivity contribution is 5.66. The van der Waals surface area contributed by atoms with Gasteiger partial charge in [0.15, 0.2) is 0 Å². The summed E-state index contributed by atoms with van der Waals surface area (Å²) in [7, 11) is 0. The van der Waals surface area contributed by atoms with Gasteiger partial charge in [0.1, 0.15) is 0 Å². The van der Waals surface area contributed by atoms with E-state index in [1.54, 1.807) is 0 Å². The minimum Gasteiger partial charge on any atom is -0.481 e. The van der Waals surface area contributed by atoms with E-state index in [2.05, 4.69) is 43.5 Å². The van der Waals surface area contributed by atoms with Crippen LogP contribution < -0.4 is 5.32 Å². The van der Waals surface area contributed by atoms with Crippen molar-refractivity contribution in [2.24, 2.45) is 0 Å². The second-order valence-corrected chi connectivity index (χ2v) is 14.1. The van der Waals surface area contributed by atoms with Gasteiger partial charge < -0.3 is 19.9 Å². The molecule has 1 unspecified atom stereocenters. The van der Waals surface area contributed by atoms with E-state index in [1.807, 2.05) is 0 Å². The zero-order valence-electron chi connectivity index (χ0n) is 32.3. The van der Waals surface area contributed by atoms with Gasteiger partial charge in [0.25, 0.3) is 0 Å². The van der Waals surface area contributed by atoms with Gasteiger partial charge in [-0.25, -0.2) is 0 Å². The zero-order valence-corrected chi connectivity index (χ0v) is 32.3. The minimum absolute atomic E-state index is 0.0343. The Kier molecular flexibility index (Phi) is 41.0. The van der Waals surface area contributed by atoms with Crippen molar-refractivity contribution in [1.29, 1.82) is 0 Å². The van der Waals surface area contributed by atoms with Gasteiger partial charge in [-0.05, 0) is 77.2 Å². The first-order valence-corrected chi connectivity index (χ1v) is 21.1. The molecule has 5 nitrogen and oxygen atoms in total. The second-order valence-electron chi connectivity index (χ2n) is 14.1. The zero-order chi connectivity index (χ0) is 34.9. The summed E-state index contributed by atoms with van der Waals surface area (Å²) in [6.45, 7) is 8.18. The SMILES string of the molecule is CCCCCCCC/C=C/CCCCCCCCOCC(CNCCCC(=O)O)OCCCCCCCC/C=C/CCCCCCCC. The third-order valence-corrected chi connectivity index (χ3v) is 9.23. The average Bonchev–Trinajstić information content (AvgIpc) is 3.08. The van der Waals surface area contributed by atoms with Crippen molar-refractivity contribution in [1.82, 2.24) is 5.32 Å². The molecular weight excluding hydrogens is 594 g/mol. The first-order chi connectivity index (χ1) is 23.7. The van der Waals surface area contributed by atoms with Crippen LogP contribution in [0.5, 0.6) is 0 Å². The topological polar surface area (TPSA) is 67.8 Å². The molecule has 48 heavy (non-hydrogen) atoms. The summed E-state index contributed by atoms with van der Waals surface area (Å²) in [5.74, 6) is -0.733. The molecule has 0 aliphatic carbocycles. The van der Waals surface area contributed by atoms with Gasteiger partial charge in [-0.2, -0.15) is 0 Å². The summed E-state index contributed by atoms with van der Waals surface area (Å²) in [6.07, 6.45) is 47.3. The number of nitrogens with one attached hydrogen (secondary N) is 1. The summed E-state index contributed by atoms with van der Waals surface area (Å²) in [5, 5.41) is 12.3. The van der Waals surface area contributed by atoms with Gasteiger partial charge in [0.05, 0.1) is 12.7 Å². The molecule has 0 saturated heterocycles. The minimum atomic E-state index is -0.733. The fraction of sp³-hybridized carbons (Fsp3) is 0.884. The highest BCUT2D eigenvalue weighted by Gasteiger charge is 2.09. The number of hydrogen-bond acceptors (Lipinski definition) is 4. The number of ether oxygens (including phenoxy) is 2. The average molecular weight is 678 g/mol. The van der Waals surface area contributed by atoms with Crippen LogP contribution in [0.1, 0.15) is 206 Å². The molecule has 2 N–H and O–H groups in total. The molecule has 0 aromatic rings. The summed E-state index contributed by atoms with van der Waals surface area (Å²) < 4.78 is 12.2. The highest BCUT2D eigenvalue weighted by Crippen LogP contribution is 2.12. The summed E-state index contributed by atoms with van der Waals surface area (Å²) in [6, 6.07) is 0. The van der Waals surface area contributed by atoms with Crippen LogP contribution in [0, 0.1) is 0 Å². The normalized spacial score (nSPS) is 12.5. The molecule has 284 valence electrons. The molecule has 0 spiro atoms. The quantitative estimate of drug-likeness (QED) is 0.0498. The van der Waals surface area contributed by atoms with Crippen LogP contribution in [-0.4, -0.2) is 50.1 Å². The van der Waals surface area contributed by atoms with Gasteiger partial charge in [-0.3, -0.25) is 4.79 Å². The van der Waals surface area contributed by atoms with Crippen LogP contribution >= 0.6 is 0 Å². The summed E-state index contributed by atoms with van der Waals surface area (Å²) in [4.78, 5) is 10.8. The van der Waals surface area contributed by atoms with Crippen molar-refractivity contribution in [3.05, 3.63) is 24.3 Å². The largest absolute Gasteiger partial charge is 0.481 e. The molecule has 0 aromatic heterocycles. The molecule has 0 radical (unpaired) electrons. The molecule has 0 aliphatic heterocycles. The number of allylic oxidation sites excluding steroid dienone is 4. The van der Waals surface area contributed by atoms with Crippen LogP contribution in [-0.2, 0) is 14.3 Å². The standard InChI is InChI=1S/C43H83NO4/c1-3-5-7-9-11-13-15-17-19-21-23-25-27-29-31-33-38-47-41-42(40-44-37-35-36-43(45)46)48-39-34-32-30-28-26-24-22-20-18-16-14-12-10-8-6-4-2/h17-20,42,44H,3-16,21-41H2,1-2H3,(H,45,46)/b19-17+,20-18+. The first-order valence-electron chi connectivity index (χ1n) is 21.1. The Morgan fingerprint density at radius 3 is 1.38 bits per heavy atom. The predicted molar refractivity (Wildman–Crippen MR) is 209 cm³/mol. The van der Waals surface area contributed by atoms with E-state index in [0.717, 1.165) is 32.6 Å². The van der Waals surface area contributed by atoms with Gasteiger partial charge in [0, 0.05) is 26.2 Å². The number of unbranched alkanes of at least 4 members (excludes halogenated alkanes) is 24. The number of rotatable bonds is 41. The second kappa shape index (κ2) is 42.0. The van der Waals surface area contributed by atoms with E-state index >= 15 is 0 Å². The third kappa shape index (κ3) is 41.0. The maximum absolute atomic E-state index is 10.8. The lowest BCUT2D eigenvalue weighted by Crippen LogP contribution is -2.34. The van der Waals surface area contributed by atoms with E-state index in [1.165, 1.54) is 167 Å². The predicted octanol–water partition coefficient (Wildman–Crippen LogP) is 12.9.